The van der Waals surface area contributed by atoms with Gasteiger partial charge in [0.15, 0.2) is 5.96 Å². The molecule has 3 rings (SSSR count). The number of guanidine groups is 1. The number of aliphatic imine (C=N–C) groups is 1. The van der Waals surface area contributed by atoms with E-state index in [-0.39, 0.29) is 0 Å². The number of thiazole rings is 1. The molecule has 1 saturated heterocycles. The number of aromatic nitrogens is 1. The molecule has 2 fully saturated rings. The minimum absolute atomic E-state index is 0.633. The molecule has 1 aromatic rings. The maximum absolute atomic E-state index is 6.09. The van der Waals surface area contributed by atoms with Crippen molar-refractivity contribution in [3.8, 4) is 0 Å². The number of nitrogens with zero attached hydrogens (tertiary/aromatic N) is 3. The van der Waals surface area contributed by atoms with Gasteiger partial charge in [-0.05, 0) is 31.6 Å². The molecule has 1 aliphatic carbocycles. The van der Waals surface area contributed by atoms with E-state index >= 15 is 0 Å². The van der Waals surface area contributed by atoms with Gasteiger partial charge in [-0.2, -0.15) is 0 Å². The van der Waals surface area contributed by atoms with Crippen LogP contribution in [0.4, 0.5) is 0 Å². The van der Waals surface area contributed by atoms with Crippen molar-refractivity contribution >= 4 is 17.3 Å². The maximum Gasteiger partial charge on any atom is 0.191 e. The highest BCUT2D eigenvalue weighted by Crippen LogP contribution is 2.40. The van der Waals surface area contributed by atoms with Crippen LogP contribution < -0.4 is 5.73 Å². The van der Waals surface area contributed by atoms with E-state index in [1.807, 2.05) is 0 Å². The smallest absolute Gasteiger partial charge is 0.191 e. The second-order valence-electron chi connectivity index (χ2n) is 5.81. The van der Waals surface area contributed by atoms with E-state index in [9.17, 15) is 0 Å². The zero-order valence-electron chi connectivity index (χ0n) is 11.5. The van der Waals surface area contributed by atoms with Crippen molar-refractivity contribution < 1.29 is 0 Å². The Kier molecular flexibility index (Phi) is 3.73. The fourth-order valence-corrected chi connectivity index (χ4v) is 3.41. The molecule has 0 spiro atoms. The molecule has 4 nitrogen and oxygen atoms in total. The molecule has 5 heteroatoms. The van der Waals surface area contributed by atoms with Crippen LogP contribution in [-0.4, -0.2) is 28.9 Å². The fourth-order valence-electron chi connectivity index (χ4n) is 2.61. The van der Waals surface area contributed by atoms with Gasteiger partial charge in [-0.25, -0.2) is 9.98 Å². The highest BCUT2D eigenvalue weighted by molar-refractivity contribution is 7.09. The predicted octanol–water partition coefficient (Wildman–Crippen LogP) is 2.57. The van der Waals surface area contributed by atoms with Crippen LogP contribution in [0.5, 0.6) is 0 Å². The first-order chi connectivity index (χ1) is 9.22. The largest absolute Gasteiger partial charge is 0.370 e. The summed E-state index contributed by atoms with van der Waals surface area (Å²) in [5.74, 6) is 2.15. The van der Waals surface area contributed by atoms with E-state index in [1.165, 1.54) is 31.4 Å². The summed E-state index contributed by atoms with van der Waals surface area (Å²) in [6.45, 7) is 5.00. The second-order valence-corrected chi connectivity index (χ2v) is 6.75. The average molecular weight is 278 g/mol. The summed E-state index contributed by atoms with van der Waals surface area (Å²) in [6, 6.07) is 0. The third kappa shape index (κ3) is 3.26. The Balaban J connectivity index is 1.57. The minimum Gasteiger partial charge on any atom is -0.370 e. The van der Waals surface area contributed by atoms with Gasteiger partial charge < -0.3 is 10.6 Å². The van der Waals surface area contributed by atoms with Gasteiger partial charge in [0.25, 0.3) is 0 Å². The molecule has 1 aromatic heterocycles. The van der Waals surface area contributed by atoms with Gasteiger partial charge in [0, 0.05) is 24.4 Å². The van der Waals surface area contributed by atoms with Gasteiger partial charge in [-0.3, -0.25) is 0 Å². The van der Waals surface area contributed by atoms with Crippen molar-refractivity contribution in [2.24, 2.45) is 16.6 Å². The van der Waals surface area contributed by atoms with E-state index < -0.39 is 0 Å². The average Bonchev–Trinajstić information content (AvgIpc) is 3.15. The van der Waals surface area contributed by atoms with Gasteiger partial charge in [0.05, 0.1) is 12.2 Å². The number of hydrogen-bond donors (Lipinski definition) is 1. The Bertz CT molecular complexity index is 464. The summed E-state index contributed by atoms with van der Waals surface area (Å²) in [7, 11) is 0. The number of hydrogen-bond acceptors (Lipinski definition) is 3. The van der Waals surface area contributed by atoms with E-state index in [4.69, 9.17) is 5.73 Å². The lowest BCUT2D eigenvalue weighted by Gasteiger charge is -2.31. The summed E-state index contributed by atoms with van der Waals surface area (Å²) in [4.78, 5) is 11.4. The topological polar surface area (TPSA) is 54.5 Å². The Morgan fingerprint density at radius 1 is 1.53 bits per heavy atom. The van der Waals surface area contributed by atoms with Crippen LogP contribution in [0.3, 0.4) is 0 Å². The Morgan fingerprint density at radius 2 is 2.37 bits per heavy atom. The van der Waals surface area contributed by atoms with Crippen molar-refractivity contribution in [1.82, 2.24) is 9.88 Å². The molecule has 1 saturated carbocycles. The lowest BCUT2D eigenvalue weighted by Crippen LogP contribution is -2.43. The first kappa shape index (κ1) is 12.9. The van der Waals surface area contributed by atoms with Crippen molar-refractivity contribution in [3.63, 3.8) is 0 Å². The minimum atomic E-state index is 0.633. The lowest BCUT2D eigenvalue weighted by atomic mass is 10.0. The van der Waals surface area contributed by atoms with Crippen molar-refractivity contribution in [2.75, 3.05) is 13.1 Å². The van der Waals surface area contributed by atoms with Crippen LogP contribution in [0.25, 0.3) is 0 Å². The molecule has 2 N–H and O–H groups in total. The van der Waals surface area contributed by atoms with E-state index in [2.05, 4.69) is 27.2 Å². The van der Waals surface area contributed by atoms with Crippen LogP contribution in [0.1, 0.15) is 49.2 Å². The molecule has 104 valence electrons. The number of piperidine rings is 1. The highest BCUT2D eigenvalue weighted by atomic mass is 32.1. The quantitative estimate of drug-likeness (QED) is 0.683. The Morgan fingerprint density at radius 3 is 3.11 bits per heavy atom. The number of rotatable bonds is 3. The number of likely N-dealkylation sites (tertiary alicyclic amines) is 1. The van der Waals surface area contributed by atoms with E-state index in [0.29, 0.717) is 12.5 Å². The molecule has 0 aromatic carbocycles. The molecule has 19 heavy (non-hydrogen) atoms. The third-order valence-electron chi connectivity index (χ3n) is 3.92. The molecular weight excluding hydrogens is 256 g/mol. The summed E-state index contributed by atoms with van der Waals surface area (Å²) in [5.41, 5.74) is 7.35. The summed E-state index contributed by atoms with van der Waals surface area (Å²) in [6.07, 6.45) is 5.14. The van der Waals surface area contributed by atoms with E-state index in [1.54, 1.807) is 11.3 Å². The first-order valence-electron chi connectivity index (χ1n) is 7.21. The molecular formula is C14H22N4S. The molecule has 2 heterocycles. The third-order valence-corrected chi connectivity index (χ3v) is 4.77. The van der Waals surface area contributed by atoms with Crippen LogP contribution in [0.2, 0.25) is 0 Å². The molecule has 1 unspecified atom stereocenters. The van der Waals surface area contributed by atoms with Crippen LogP contribution in [0, 0.1) is 5.92 Å². The van der Waals surface area contributed by atoms with E-state index in [0.717, 1.165) is 29.9 Å². The molecule has 2 aliphatic rings. The number of nitrogens with two attached hydrogens (primary N) is 1. The predicted molar refractivity (Wildman–Crippen MR) is 79.4 cm³/mol. The lowest BCUT2D eigenvalue weighted by molar-refractivity contribution is 0.270. The second kappa shape index (κ2) is 5.49. The van der Waals surface area contributed by atoms with Gasteiger partial charge in [0.1, 0.15) is 5.01 Å². The molecule has 0 radical (unpaired) electrons. The van der Waals surface area contributed by atoms with Crippen molar-refractivity contribution in [2.45, 2.75) is 45.1 Å². The van der Waals surface area contributed by atoms with Gasteiger partial charge in [0.2, 0.25) is 0 Å². The van der Waals surface area contributed by atoms with Crippen molar-refractivity contribution in [1.29, 1.82) is 0 Å². The fraction of sp³-hybridized carbons (Fsp3) is 0.714. The first-order valence-corrected chi connectivity index (χ1v) is 8.09. The Labute approximate surface area is 118 Å². The van der Waals surface area contributed by atoms with Gasteiger partial charge in [-0.15, -0.1) is 11.3 Å². The normalized spacial score (nSPS) is 24.8. The zero-order chi connectivity index (χ0) is 13.2. The molecule has 0 bridgehead atoms. The van der Waals surface area contributed by atoms with Gasteiger partial charge in [-0.1, -0.05) is 6.92 Å². The Hall–Kier alpha value is -1.10. The summed E-state index contributed by atoms with van der Waals surface area (Å²) >= 11 is 1.71. The molecule has 1 atom stereocenters. The monoisotopic (exact) mass is 278 g/mol. The van der Waals surface area contributed by atoms with Crippen molar-refractivity contribution in [3.05, 3.63) is 16.1 Å². The molecule has 1 aliphatic heterocycles. The SMILES string of the molecule is CC1CCCN(C(N)=NCc2nc(C3CC3)cs2)C1. The zero-order valence-corrected chi connectivity index (χ0v) is 12.3. The van der Waals surface area contributed by atoms with Crippen LogP contribution in [0.15, 0.2) is 10.4 Å². The maximum atomic E-state index is 6.09. The van der Waals surface area contributed by atoms with Gasteiger partial charge >= 0.3 is 0 Å². The highest BCUT2D eigenvalue weighted by Gasteiger charge is 2.26. The summed E-state index contributed by atoms with van der Waals surface area (Å²) < 4.78 is 0. The standard InChI is InChI=1S/C14H22N4S/c1-10-3-2-6-18(8-10)14(15)16-7-13-17-12(9-19-13)11-4-5-11/h9-11H,2-8H2,1H3,(H2,15,16). The van der Waals surface area contributed by atoms with Crippen LogP contribution >= 0.6 is 11.3 Å². The summed E-state index contributed by atoms with van der Waals surface area (Å²) in [5, 5.41) is 3.27. The van der Waals surface area contributed by atoms with Crippen LogP contribution in [-0.2, 0) is 6.54 Å². The molecule has 0 amide bonds.